The summed E-state index contributed by atoms with van der Waals surface area (Å²) in [7, 11) is 0. The summed E-state index contributed by atoms with van der Waals surface area (Å²) in [6.45, 7) is 0. The molecule has 2 N–H and O–H groups in total. The van der Waals surface area contributed by atoms with E-state index in [0.29, 0.717) is 17.9 Å². The molecule has 0 aliphatic carbocycles. The first-order valence-corrected chi connectivity index (χ1v) is 5.87. The number of aliphatic carboxylic acids is 1. The number of hydrogen-bond acceptors (Lipinski definition) is 2. The van der Waals surface area contributed by atoms with Gasteiger partial charge in [-0.15, -0.1) is 0 Å². The Morgan fingerprint density at radius 2 is 2.29 bits per heavy atom. The molecule has 0 saturated carbocycles. The van der Waals surface area contributed by atoms with Crippen LogP contribution in [0.3, 0.4) is 0 Å². The monoisotopic (exact) mass is 257 g/mol. The molecule has 1 saturated heterocycles. The lowest BCUT2D eigenvalue weighted by Gasteiger charge is -2.13. The lowest BCUT2D eigenvalue weighted by molar-refractivity contribution is -0.139. The maximum absolute atomic E-state index is 13.1. The fraction of sp³-hybridized carbons (Fsp3) is 0.417. The van der Waals surface area contributed by atoms with Crippen molar-refractivity contribution in [2.24, 2.45) is 0 Å². The summed E-state index contributed by atoms with van der Waals surface area (Å²) >= 11 is 5.96. The van der Waals surface area contributed by atoms with Gasteiger partial charge in [0.25, 0.3) is 0 Å². The van der Waals surface area contributed by atoms with Gasteiger partial charge >= 0.3 is 5.97 Å². The van der Waals surface area contributed by atoms with E-state index >= 15 is 0 Å². The number of carboxylic acid groups (broad SMARTS) is 1. The molecule has 92 valence electrons. The summed E-state index contributed by atoms with van der Waals surface area (Å²) in [6.07, 6.45) is 1.93. The van der Waals surface area contributed by atoms with Crippen LogP contribution in [-0.2, 0) is 11.2 Å². The molecule has 2 rings (SSSR count). The highest BCUT2D eigenvalue weighted by Crippen LogP contribution is 2.22. The van der Waals surface area contributed by atoms with E-state index < -0.39 is 12.0 Å². The van der Waals surface area contributed by atoms with Gasteiger partial charge in [-0.2, -0.15) is 0 Å². The molecule has 0 spiro atoms. The van der Waals surface area contributed by atoms with Gasteiger partial charge < -0.3 is 10.4 Å². The third-order valence-electron chi connectivity index (χ3n) is 3.01. The lowest BCUT2D eigenvalue weighted by atomic mass is 10.0. The fourth-order valence-electron chi connectivity index (χ4n) is 2.14. The second kappa shape index (κ2) is 5.02. The van der Waals surface area contributed by atoms with Gasteiger partial charge in [-0.25, -0.2) is 4.39 Å². The van der Waals surface area contributed by atoms with E-state index in [9.17, 15) is 9.18 Å². The maximum atomic E-state index is 13.1. The van der Waals surface area contributed by atoms with E-state index in [-0.39, 0.29) is 11.9 Å². The van der Waals surface area contributed by atoms with Crippen molar-refractivity contribution in [1.82, 2.24) is 5.32 Å². The second-order valence-corrected chi connectivity index (χ2v) is 4.68. The molecule has 0 amide bonds. The van der Waals surface area contributed by atoms with Gasteiger partial charge in [-0.3, -0.25) is 4.79 Å². The maximum Gasteiger partial charge on any atom is 0.320 e. The average molecular weight is 258 g/mol. The van der Waals surface area contributed by atoms with Crippen molar-refractivity contribution in [1.29, 1.82) is 0 Å². The molecular weight excluding hydrogens is 245 g/mol. The van der Waals surface area contributed by atoms with Crippen LogP contribution in [0.2, 0.25) is 5.02 Å². The number of rotatable bonds is 3. The van der Waals surface area contributed by atoms with Crippen LogP contribution >= 0.6 is 11.6 Å². The molecule has 2 unspecified atom stereocenters. The largest absolute Gasteiger partial charge is 0.480 e. The summed E-state index contributed by atoms with van der Waals surface area (Å²) < 4.78 is 13.1. The van der Waals surface area contributed by atoms with Crippen molar-refractivity contribution >= 4 is 17.6 Å². The highest BCUT2D eigenvalue weighted by atomic mass is 35.5. The number of hydrogen-bond donors (Lipinski definition) is 2. The van der Waals surface area contributed by atoms with Crippen LogP contribution in [0.5, 0.6) is 0 Å². The third kappa shape index (κ3) is 2.96. The summed E-state index contributed by atoms with van der Waals surface area (Å²) in [5, 5.41) is 12.4. The zero-order valence-electron chi connectivity index (χ0n) is 9.12. The SMILES string of the molecule is O=C(O)C1CCC(Cc2cc(F)ccc2Cl)N1. The number of nitrogens with one attached hydrogen (secondary N) is 1. The molecule has 5 heteroatoms. The zero-order chi connectivity index (χ0) is 12.4. The minimum atomic E-state index is -0.835. The Morgan fingerprint density at radius 1 is 1.53 bits per heavy atom. The molecule has 1 aromatic rings. The van der Waals surface area contributed by atoms with Crippen LogP contribution in [0.1, 0.15) is 18.4 Å². The van der Waals surface area contributed by atoms with Crippen molar-refractivity contribution in [2.75, 3.05) is 0 Å². The minimum absolute atomic E-state index is 0.0513. The molecule has 17 heavy (non-hydrogen) atoms. The molecule has 0 aromatic heterocycles. The van der Waals surface area contributed by atoms with Crippen LogP contribution in [0.15, 0.2) is 18.2 Å². The van der Waals surface area contributed by atoms with Crippen LogP contribution < -0.4 is 5.32 Å². The molecule has 1 aromatic carbocycles. The molecule has 0 bridgehead atoms. The highest BCUT2D eigenvalue weighted by Gasteiger charge is 2.28. The predicted octanol–water partition coefficient (Wildman–Crippen LogP) is 2.23. The van der Waals surface area contributed by atoms with E-state index in [1.165, 1.54) is 18.2 Å². The van der Waals surface area contributed by atoms with Crippen molar-refractivity contribution in [3.63, 3.8) is 0 Å². The number of benzene rings is 1. The molecule has 3 nitrogen and oxygen atoms in total. The Morgan fingerprint density at radius 3 is 2.94 bits per heavy atom. The third-order valence-corrected chi connectivity index (χ3v) is 3.38. The smallest absolute Gasteiger partial charge is 0.320 e. The number of carbonyl (C=O) groups is 1. The second-order valence-electron chi connectivity index (χ2n) is 4.27. The van der Waals surface area contributed by atoms with Gasteiger partial charge in [0.2, 0.25) is 0 Å². The Hall–Kier alpha value is -1.13. The summed E-state index contributed by atoms with van der Waals surface area (Å²) in [5.41, 5.74) is 0.718. The van der Waals surface area contributed by atoms with E-state index in [4.69, 9.17) is 16.7 Å². The highest BCUT2D eigenvalue weighted by molar-refractivity contribution is 6.31. The van der Waals surface area contributed by atoms with Crippen LogP contribution in [0.4, 0.5) is 4.39 Å². The van der Waals surface area contributed by atoms with E-state index in [2.05, 4.69) is 5.32 Å². The Labute approximate surface area is 104 Å². The van der Waals surface area contributed by atoms with Gasteiger partial charge in [-0.1, -0.05) is 11.6 Å². The zero-order valence-corrected chi connectivity index (χ0v) is 9.88. The predicted molar refractivity (Wildman–Crippen MR) is 62.7 cm³/mol. The summed E-state index contributed by atoms with van der Waals surface area (Å²) in [6, 6.07) is 3.80. The van der Waals surface area contributed by atoms with Crippen LogP contribution in [0.25, 0.3) is 0 Å². The molecular formula is C12H13ClFNO2. The first kappa shape index (κ1) is 12.3. The van der Waals surface area contributed by atoms with E-state index in [0.717, 1.165) is 12.0 Å². The van der Waals surface area contributed by atoms with Gasteiger partial charge in [0.15, 0.2) is 0 Å². The summed E-state index contributed by atoms with van der Waals surface area (Å²) in [5.74, 6) is -1.16. The Bertz CT molecular complexity index is 439. The van der Waals surface area contributed by atoms with E-state index in [1.807, 2.05) is 0 Å². The normalized spacial score (nSPS) is 23.9. The number of carboxylic acids is 1. The first-order chi connectivity index (χ1) is 8.06. The van der Waals surface area contributed by atoms with E-state index in [1.54, 1.807) is 0 Å². The topological polar surface area (TPSA) is 49.3 Å². The van der Waals surface area contributed by atoms with Crippen LogP contribution in [-0.4, -0.2) is 23.2 Å². The molecule has 0 radical (unpaired) electrons. The molecule has 1 fully saturated rings. The van der Waals surface area contributed by atoms with Crippen molar-refractivity contribution in [3.8, 4) is 0 Å². The standard InChI is InChI=1S/C12H13ClFNO2/c13-10-3-1-8(14)5-7(10)6-9-2-4-11(15-9)12(16)17/h1,3,5,9,11,15H,2,4,6H2,(H,16,17). The number of halogens is 2. The van der Waals surface area contributed by atoms with Crippen molar-refractivity contribution in [2.45, 2.75) is 31.3 Å². The van der Waals surface area contributed by atoms with Crippen molar-refractivity contribution in [3.05, 3.63) is 34.6 Å². The first-order valence-electron chi connectivity index (χ1n) is 5.49. The van der Waals surface area contributed by atoms with Gasteiger partial charge in [0.1, 0.15) is 11.9 Å². The molecule has 1 aliphatic heterocycles. The minimum Gasteiger partial charge on any atom is -0.480 e. The summed E-state index contributed by atoms with van der Waals surface area (Å²) in [4.78, 5) is 10.8. The van der Waals surface area contributed by atoms with Crippen LogP contribution in [0, 0.1) is 5.82 Å². The Kier molecular flexibility index (Phi) is 3.64. The molecule has 1 heterocycles. The fourth-order valence-corrected chi connectivity index (χ4v) is 2.33. The van der Waals surface area contributed by atoms with Crippen molar-refractivity contribution < 1.29 is 14.3 Å². The quantitative estimate of drug-likeness (QED) is 0.873. The molecule has 2 atom stereocenters. The van der Waals surface area contributed by atoms with Gasteiger partial charge in [0, 0.05) is 11.1 Å². The Balaban J connectivity index is 2.02. The lowest BCUT2D eigenvalue weighted by Crippen LogP contribution is -2.36. The van der Waals surface area contributed by atoms with Gasteiger partial charge in [0.05, 0.1) is 0 Å². The van der Waals surface area contributed by atoms with Gasteiger partial charge in [-0.05, 0) is 43.0 Å². The molecule has 1 aliphatic rings. The average Bonchev–Trinajstić information content (AvgIpc) is 2.72.